The summed E-state index contributed by atoms with van der Waals surface area (Å²) in [4.78, 5) is 12.5. The second-order valence-electron chi connectivity index (χ2n) is 5.80. The third-order valence-corrected chi connectivity index (χ3v) is 4.50. The molecule has 102 valence electrons. The van der Waals surface area contributed by atoms with Crippen molar-refractivity contribution in [2.24, 2.45) is 0 Å². The van der Waals surface area contributed by atoms with Crippen molar-refractivity contribution in [1.82, 2.24) is 5.32 Å². The Balaban J connectivity index is 1.88. The molecule has 0 aliphatic carbocycles. The van der Waals surface area contributed by atoms with Gasteiger partial charge in [-0.2, -0.15) is 0 Å². The van der Waals surface area contributed by atoms with Crippen molar-refractivity contribution in [3.8, 4) is 5.75 Å². The summed E-state index contributed by atoms with van der Waals surface area (Å²) < 4.78 is 6.38. The summed E-state index contributed by atoms with van der Waals surface area (Å²) in [7, 11) is 0. The number of Topliss-reactive ketones (excluding diaryl/α,β-unsaturated/α-hetero) is 1. The van der Waals surface area contributed by atoms with Crippen molar-refractivity contribution in [3.05, 3.63) is 42.0 Å². The molecule has 2 aromatic rings. The minimum atomic E-state index is -0.292. The molecule has 0 amide bonds. The lowest BCUT2D eigenvalue weighted by Gasteiger charge is -2.41. The third kappa shape index (κ3) is 1.74. The molecule has 2 heterocycles. The highest BCUT2D eigenvalue weighted by Gasteiger charge is 2.41. The maximum Gasteiger partial charge on any atom is 0.170 e. The van der Waals surface area contributed by atoms with Crippen LogP contribution in [-0.4, -0.2) is 24.5 Å². The molecule has 0 atom stereocenters. The first-order valence-electron chi connectivity index (χ1n) is 7.22. The standard InChI is InChI=1S/C17H17NO2/c19-15-11-17(7-9-18-10-8-17)20-16-13-4-2-1-3-12(13)5-6-14(15)16/h1-6,18H,7-11H2. The number of ketones is 1. The Labute approximate surface area is 117 Å². The number of rotatable bonds is 0. The van der Waals surface area contributed by atoms with Crippen LogP contribution in [0.3, 0.4) is 0 Å². The Morgan fingerprint density at radius 3 is 2.70 bits per heavy atom. The fourth-order valence-corrected chi connectivity index (χ4v) is 3.37. The number of nitrogens with one attached hydrogen (secondary N) is 1. The highest BCUT2D eigenvalue weighted by Crippen LogP contribution is 2.41. The van der Waals surface area contributed by atoms with E-state index < -0.39 is 0 Å². The first kappa shape index (κ1) is 11.9. The minimum absolute atomic E-state index is 0.221. The summed E-state index contributed by atoms with van der Waals surface area (Å²) in [6.07, 6.45) is 2.32. The van der Waals surface area contributed by atoms with Crippen molar-refractivity contribution in [1.29, 1.82) is 0 Å². The fraction of sp³-hybridized carbons (Fsp3) is 0.353. The van der Waals surface area contributed by atoms with Gasteiger partial charge in [-0.1, -0.05) is 30.3 Å². The molecule has 2 aliphatic heterocycles. The van der Waals surface area contributed by atoms with E-state index >= 15 is 0 Å². The Bertz CT molecular complexity index is 686. The van der Waals surface area contributed by atoms with E-state index in [0.29, 0.717) is 6.42 Å². The zero-order valence-electron chi connectivity index (χ0n) is 11.3. The lowest BCUT2D eigenvalue weighted by atomic mass is 9.82. The van der Waals surface area contributed by atoms with E-state index in [4.69, 9.17) is 4.74 Å². The zero-order valence-corrected chi connectivity index (χ0v) is 11.3. The fourth-order valence-electron chi connectivity index (χ4n) is 3.37. The van der Waals surface area contributed by atoms with Gasteiger partial charge in [0, 0.05) is 18.2 Å². The molecule has 0 bridgehead atoms. The van der Waals surface area contributed by atoms with E-state index in [9.17, 15) is 4.79 Å². The Morgan fingerprint density at radius 1 is 1.05 bits per heavy atom. The molecule has 0 unspecified atom stereocenters. The van der Waals surface area contributed by atoms with Crippen molar-refractivity contribution < 1.29 is 9.53 Å². The number of carbonyl (C=O) groups excluding carboxylic acids is 1. The molecular formula is C17H17NO2. The molecule has 2 aromatic carbocycles. The molecule has 0 aromatic heterocycles. The van der Waals surface area contributed by atoms with Crippen molar-refractivity contribution in [2.45, 2.75) is 24.9 Å². The number of fused-ring (bicyclic) bond motifs is 3. The normalized spacial score (nSPS) is 20.7. The van der Waals surface area contributed by atoms with E-state index in [-0.39, 0.29) is 11.4 Å². The highest BCUT2D eigenvalue weighted by molar-refractivity contribution is 6.06. The van der Waals surface area contributed by atoms with Crippen molar-refractivity contribution in [3.63, 3.8) is 0 Å². The largest absolute Gasteiger partial charge is 0.485 e. The van der Waals surface area contributed by atoms with Crippen LogP contribution in [0.4, 0.5) is 0 Å². The summed E-state index contributed by atoms with van der Waals surface area (Å²) in [6.45, 7) is 1.85. The van der Waals surface area contributed by atoms with Gasteiger partial charge >= 0.3 is 0 Å². The summed E-state index contributed by atoms with van der Waals surface area (Å²) in [5.74, 6) is 1.01. The van der Waals surface area contributed by atoms with Crippen LogP contribution >= 0.6 is 0 Å². The Kier molecular flexibility index (Phi) is 2.57. The summed E-state index contributed by atoms with van der Waals surface area (Å²) in [5, 5.41) is 5.52. The van der Waals surface area contributed by atoms with Crippen LogP contribution in [0.1, 0.15) is 29.6 Å². The highest BCUT2D eigenvalue weighted by atomic mass is 16.5. The number of hydrogen-bond donors (Lipinski definition) is 1. The summed E-state index contributed by atoms with van der Waals surface area (Å²) in [6, 6.07) is 12.0. The number of ether oxygens (including phenoxy) is 1. The zero-order chi connectivity index (χ0) is 13.6. The molecule has 0 radical (unpaired) electrons. The van der Waals surface area contributed by atoms with Gasteiger partial charge in [0.1, 0.15) is 11.4 Å². The van der Waals surface area contributed by atoms with Gasteiger partial charge in [-0.15, -0.1) is 0 Å². The molecule has 1 saturated heterocycles. The van der Waals surface area contributed by atoms with Gasteiger partial charge < -0.3 is 10.1 Å². The molecule has 20 heavy (non-hydrogen) atoms. The van der Waals surface area contributed by atoms with Crippen LogP contribution in [0.15, 0.2) is 36.4 Å². The molecule has 2 aliphatic rings. The third-order valence-electron chi connectivity index (χ3n) is 4.50. The Hall–Kier alpha value is -1.87. The predicted molar refractivity (Wildman–Crippen MR) is 78.4 cm³/mol. The van der Waals surface area contributed by atoms with Gasteiger partial charge in [0.2, 0.25) is 0 Å². The lowest BCUT2D eigenvalue weighted by molar-refractivity contribution is 0.0200. The topological polar surface area (TPSA) is 38.3 Å². The number of benzene rings is 2. The quantitative estimate of drug-likeness (QED) is 0.797. The maximum atomic E-state index is 12.5. The van der Waals surface area contributed by atoms with E-state index in [1.807, 2.05) is 30.3 Å². The second-order valence-corrected chi connectivity index (χ2v) is 5.80. The number of hydrogen-bond acceptors (Lipinski definition) is 3. The molecule has 3 heteroatoms. The van der Waals surface area contributed by atoms with Gasteiger partial charge in [0.15, 0.2) is 5.78 Å². The van der Waals surface area contributed by atoms with Gasteiger partial charge in [0.25, 0.3) is 0 Å². The first-order valence-corrected chi connectivity index (χ1v) is 7.22. The Morgan fingerprint density at radius 2 is 1.85 bits per heavy atom. The summed E-state index contributed by atoms with van der Waals surface area (Å²) >= 11 is 0. The van der Waals surface area contributed by atoms with Crippen LogP contribution in [0.2, 0.25) is 0 Å². The smallest absolute Gasteiger partial charge is 0.170 e. The average molecular weight is 267 g/mol. The first-order chi connectivity index (χ1) is 9.77. The molecule has 4 rings (SSSR count). The van der Waals surface area contributed by atoms with E-state index in [1.54, 1.807) is 0 Å². The molecule has 1 fully saturated rings. The van der Waals surface area contributed by atoms with Crippen molar-refractivity contribution in [2.75, 3.05) is 13.1 Å². The van der Waals surface area contributed by atoms with Gasteiger partial charge in [-0.3, -0.25) is 4.79 Å². The monoisotopic (exact) mass is 267 g/mol. The van der Waals surface area contributed by atoms with Crippen LogP contribution in [-0.2, 0) is 0 Å². The van der Waals surface area contributed by atoms with E-state index in [1.165, 1.54) is 0 Å². The van der Waals surface area contributed by atoms with Gasteiger partial charge in [0.05, 0.1) is 12.0 Å². The molecule has 1 N–H and O–H groups in total. The van der Waals surface area contributed by atoms with E-state index in [2.05, 4.69) is 11.4 Å². The SMILES string of the molecule is O=C1CC2(CCNCC2)Oc2c1ccc1ccccc21. The molecule has 3 nitrogen and oxygen atoms in total. The van der Waals surface area contributed by atoms with Gasteiger partial charge in [-0.25, -0.2) is 0 Å². The van der Waals surface area contributed by atoms with Gasteiger partial charge in [-0.05, 0) is 24.5 Å². The molecule has 1 spiro atoms. The van der Waals surface area contributed by atoms with Crippen LogP contribution < -0.4 is 10.1 Å². The van der Waals surface area contributed by atoms with Crippen LogP contribution in [0.25, 0.3) is 10.8 Å². The van der Waals surface area contributed by atoms with E-state index in [0.717, 1.165) is 48.0 Å². The minimum Gasteiger partial charge on any atom is -0.485 e. The lowest BCUT2D eigenvalue weighted by Crippen LogP contribution is -2.49. The number of carbonyl (C=O) groups is 1. The second kappa shape index (κ2) is 4.32. The predicted octanol–water partition coefficient (Wildman–Crippen LogP) is 2.93. The molecule has 0 saturated carbocycles. The summed E-state index contributed by atoms with van der Waals surface area (Å²) in [5.41, 5.74) is 0.451. The average Bonchev–Trinajstić information content (AvgIpc) is 2.48. The number of piperidine rings is 1. The van der Waals surface area contributed by atoms with Crippen molar-refractivity contribution >= 4 is 16.6 Å². The van der Waals surface area contributed by atoms with Crippen LogP contribution in [0, 0.1) is 0 Å². The molecular weight excluding hydrogens is 250 g/mol. The maximum absolute atomic E-state index is 12.5. The van der Waals surface area contributed by atoms with Crippen LogP contribution in [0.5, 0.6) is 5.75 Å².